The minimum absolute atomic E-state index is 0.206. The summed E-state index contributed by atoms with van der Waals surface area (Å²) >= 11 is 9.82. The molecule has 2 aromatic heterocycles. The Balaban J connectivity index is 1.68. The Labute approximate surface area is 249 Å². The van der Waals surface area contributed by atoms with Gasteiger partial charge in [-0.2, -0.15) is 0 Å². The summed E-state index contributed by atoms with van der Waals surface area (Å²) in [6.45, 7) is 9.98. The highest BCUT2D eigenvalue weighted by Gasteiger charge is 2.33. The molecule has 200 valence electrons. The van der Waals surface area contributed by atoms with Crippen LogP contribution in [0.5, 0.6) is 0 Å². The lowest BCUT2D eigenvalue weighted by Crippen LogP contribution is -2.39. The summed E-state index contributed by atoms with van der Waals surface area (Å²) in [5.41, 5.74) is 6.83. The Bertz CT molecular complexity index is 1830. The van der Waals surface area contributed by atoms with Gasteiger partial charge in [-0.05, 0) is 110 Å². The summed E-state index contributed by atoms with van der Waals surface area (Å²) in [4.78, 5) is 32.2. The summed E-state index contributed by atoms with van der Waals surface area (Å²) in [6, 6.07) is 15.0. The topological polar surface area (TPSA) is 65.6 Å². The van der Waals surface area contributed by atoms with E-state index in [0.29, 0.717) is 25.6 Å². The first-order valence-electron chi connectivity index (χ1n) is 12.5. The Kier molecular flexibility index (Phi) is 7.72. The number of benzene rings is 2. The van der Waals surface area contributed by atoms with Gasteiger partial charge in [0.15, 0.2) is 4.80 Å². The SMILES string of the molecule is CCOC(=O)C1=C(C)N=c2s/c(=C/c3cc(C)n(-c4ccc(C)c(I)c4)c3C)c(=O)n2[C@@H]1c1ccc(Cl)cc1. The standard InChI is InChI=1S/C30H27ClIN3O3S/c1-6-38-29(37)26-18(4)33-30-35(27(26)20-8-10-22(31)11-9-20)28(36)25(39-30)14-21-13-17(3)34(19(21)5)23-12-7-16(2)24(32)15-23/h7-15,27H,6H2,1-5H3/b25-14+/t27-/m1/s1. The van der Waals surface area contributed by atoms with Crippen molar-refractivity contribution in [2.75, 3.05) is 6.61 Å². The van der Waals surface area contributed by atoms with Crippen LogP contribution in [0.4, 0.5) is 0 Å². The van der Waals surface area contributed by atoms with E-state index in [9.17, 15) is 9.59 Å². The molecule has 0 N–H and O–H groups in total. The van der Waals surface area contributed by atoms with Crippen molar-refractivity contribution in [2.24, 2.45) is 4.99 Å². The van der Waals surface area contributed by atoms with Crippen LogP contribution in [-0.4, -0.2) is 21.7 Å². The third-order valence-electron chi connectivity index (χ3n) is 6.87. The number of halogens is 2. The monoisotopic (exact) mass is 671 g/mol. The van der Waals surface area contributed by atoms with Crippen LogP contribution < -0.4 is 14.9 Å². The van der Waals surface area contributed by atoms with E-state index in [-0.39, 0.29) is 12.2 Å². The molecule has 0 amide bonds. The molecule has 0 aliphatic carbocycles. The summed E-state index contributed by atoms with van der Waals surface area (Å²) in [7, 11) is 0. The number of hydrogen-bond donors (Lipinski definition) is 0. The number of aromatic nitrogens is 2. The predicted octanol–water partition coefficient (Wildman–Crippen LogP) is 5.77. The van der Waals surface area contributed by atoms with Gasteiger partial charge in [0, 0.05) is 25.7 Å². The maximum atomic E-state index is 13.9. The van der Waals surface area contributed by atoms with E-state index >= 15 is 0 Å². The average Bonchev–Trinajstić information content (AvgIpc) is 3.35. The Morgan fingerprint density at radius 2 is 1.85 bits per heavy atom. The third-order valence-corrected chi connectivity index (χ3v) is 9.27. The van der Waals surface area contributed by atoms with Crippen LogP contribution in [0.2, 0.25) is 5.02 Å². The van der Waals surface area contributed by atoms with Crippen molar-refractivity contribution in [2.45, 2.75) is 40.7 Å². The van der Waals surface area contributed by atoms with E-state index in [4.69, 9.17) is 16.3 Å². The van der Waals surface area contributed by atoms with Crippen LogP contribution >= 0.6 is 45.5 Å². The second kappa shape index (κ2) is 10.9. The van der Waals surface area contributed by atoms with Crippen molar-refractivity contribution in [3.63, 3.8) is 0 Å². The number of ether oxygens (including phenoxy) is 1. The van der Waals surface area contributed by atoms with Crippen molar-refractivity contribution in [1.29, 1.82) is 0 Å². The van der Waals surface area contributed by atoms with Crippen LogP contribution in [0.15, 0.2) is 69.6 Å². The van der Waals surface area contributed by atoms with Gasteiger partial charge in [-0.25, -0.2) is 9.79 Å². The third kappa shape index (κ3) is 5.05. The van der Waals surface area contributed by atoms with Crippen molar-refractivity contribution in [3.8, 4) is 5.69 Å². The van der Waals surface area contributed by atoms with E-state index in [0.717, 1.165) is 28.2 Å². The molecule has 0 fully saturated rings. The van der Waals surface area contributed by atoms with Crippen LogP contribution in [0.1, 0.15) is 48.0 Å². The van der Waals surface area contributed by atoms with Gasteiger partial charge in [0.25, 0.3) is 5.56 Å². The summed E-state index contributed by atoms with van der Waals surface area (Å²) in [5.74, 6) is -0.482. The molecule has 0 saturated heterocycles. The second-order valence-corrected chi connectivity index (χ2v) is 12.1. The van der Waals surface area contributed by atoms with E-state index < -0.39 is 12.0 Å². The Morgan fingerprint density at radius 1 is 1.13 bits per heavy atom. The highest BCUT2D eigenvalue weighted by Crippen LogP contribution is 2.31. The first-order chi connectivity index (χ1) is 18.6. The van der Waals surface area contributed by atoms with Crippen molar-refractivity contribution < 1.29 is 9.53 Å². The molecular weight excluding hydrogens is 645 g/mol. The summed E-state index contributed by atoms with van der Waals surface area (Å²) in [5, 5.41) is 0.572. The number of aryl methyl sites for hydroxylation is 2. The molecule has 4 aromatic rings. The van der Waals surface area contributed by atoms with Crippen molar-refractivity contribution in [3.05, 3.63) is 116 Å². The lowest BCUT2D eigenvalue weighted by molar-refractivity contribution is -0.139. The molecule has 1 aliphatic rings. The first kappa shape index (κ1) is 27.6. The summed E-state index contributed by atoms with van der Waals surface area (Å²) < 4.78 is 10.9. The van der Waals surface area contributed by atoms with E-state index in [1.165, 1.54) is 20.5 Å². The lowest BCUT2D eigenvalue weighted by atomic mass is 9.96. The highest BCUT2D eigenvalue weighted by atomic mass is 127. The number of carbonyl (C=O) groups is 1. The van der Waals surface area contributed by atoms with Gasteiger partial charge >= 0.3 is 5.97 Å². The van der Waals surface area contributed by atoms with Gasteiger partial charge in [-0.15, -0.1) is 0 Å². The fourth-order valence-corrected chi connectivity index (χ4v) is 6.61. The van der Waals surface area contributed by atoms with Gasteiger partial charge < -0.3 is 9.30 Å². The van der Waals surface area contributed by atoms with Crippen LogP contribution in [-0.2, 0) is 9.53 Å². The van der Waals surface area contributed by atoms with Gasteiger partial charge in [0.05, 0.1) is 28.5 Å². The minimum Gasteiger partial charge on any atom is -0.463 e. The second-order valence-electron chi connectivity index (χ2n) is 9.45. The smallest absolute Gasteiger partial charge is 0.338 e. The molecule has 9 heteroatoms. The van der Waals surface area contributed by atoms with E-state index in [1.807, 2.05) is 18.2 Å². The van der Waals surface area contributed by atoms with Crippen LogP contribution in [0.25, 0.3) is 11.8 Å². The zero-order valence-electron chi connectivity index (χ0n) is 22.2. The molecule has 2 aromatic carbocycles. The number of allylic oxidation sites excluding steroid dienone is 1. The van der Waals surface area contributed by atoms with E-state index in [2.05, 4.69) is 77.2 Å². The molecule has 5 rings (SSSR count). The number of carbonyl (C=O) groups excluding carboxylic acids is 1. The lowest BCUT2D eigenvalue weighted by Gasteiger charge is -2.24. The first-order valence-corrected chi connectivity index (χ1v) is 14.8. The molecule has 0 unspecified atom stereocenters. The number of fused-ring (bicyclic) bond motifs is 1. The quantitative estimate of drug-likeness (QED) is 0.200. The molecular formula is C30H27ClIN3O3S. The minimum atomic E-state index is -0.665. The fourth-order valence-electron chi connectivity index (χ4n) is 4.95. The Hall–Kier alpha value is -2.95. The molecule has 1 aliphatic heterocycles. The predicted molar refractivity (Wildman–Crippen MR) is 165 cm³/mol. The zero-order chi connectivity index (χ0) is 28.0. The maximum Gasteiger partial charge on any atom is 0.338 e. The van der Waals surface area contributed by atoms with Gasteiger partial charge in [-0.1, -0.05) is 41.1 Å². The molecule has 0 radical (unpaired) electrons. The Morgan fingerprint density at radius 3 is 2.51 bits per heavy atom. The number of thiazole rings is 1. The maximum absolute atomic E-state index is 13.9. The average molecular weight is 672 g/mol. The molecule has 3 heterocycles. The zero-order valence-corrected chi connectivity index (χ0v) is 25.9. The van der Waals surface area contributed by atoms with Gasteiger partial charge in [0.1, 0.15) is 0 Å². The van der Waals surface area contributed by atoms with Gasteiger partial charge in [0.2, 0.25) is 0 Å². The van der Waals surface area contributed by atoms with Crippen molar-refractivity contribution >= 4 is 57.6 Å². The highest BCUT2D eigenvalue weighted by molar-refractivity contribution is 14.1. The van der Waals surface area contributed by atoms with E-state index in [1.54, 1.807) is 30.5 Å². The number of esters is 1. The molecule has 6 nitrogen and oxygen atoms in total. The summed E-state index contributed by atoms with van der Waals surface area (Å²) in [6.07, 6.45) is 1.92. The number of hydrogen-bond acceptors (Lipinski definition) is 5. The number of rotatable bonds is 5. The molecule has 0 saturated carbocycles. The molecule has 1 atom stereocenters. The van der Waals surface area contributed by atoms with Gasteiger partial charge in [-0.3, -0.25) is 9.36 Å². The normalized spacial score (nSPS) is 15.4. The van der Waals surface area contributed by atoms with Crippen LogP contribution in [0.3, 0.4) is 0 Å². The fraction of sp³-hybridized carbons (Fsp3) is 0.233. The van der Waals surface area contributed by atoms with Crippen molar-refractivity contribution in [1.82, 2.24) is 9.13 Å². The largest absolute Gasteiger partial charge is 0.463 e. The van der Waals surface area contributed by atoms with Crippen LogP contribution in [0, 0.1) is 24.3 Å². The molecule has 39 heavy (non-hydrogen) atoms. The molecule has 0 bridgehead atoms. The number of nitrogens with zero attached hydrogens (tertiary/aromatic N) is 3. The molecule has 0 spiro atoms.